The zero-order chi connectivity index (χ0) is 14.3. The average molecular weight is 324 g/mol. The summed E-state index contributed by atoms with van der Waals surface area (Å²) in [6.07, 6.45) is 0. The summed E-state index contributed by atoms with van der Waals surface area (Å²) in [4.78, 5) is 2.79. The Hall–Kier alpha value is -1.01. The SMILES string of the molecule is CC1(C)OB(c2cc(Br)cc(N=[N+]=[N-])c2)OC1(C)C. The van der Waals surface area contributed by atoms with Gasteiger partial charge in [-0.1, -0.05) is 27.1 Å². The number of halogens is 1. The molecule has 2 rings (SSSR count). The molecule has 0 aromatic heterocycles. The Labute approximate surface area is 121 Å². The van der Waals surface area contributed by atoms with Crippen molar-refractivity contribution in [1.29, 1.82) is 0 Å². The van der Waals surface area contributed by atoms with Crippen molar-refractivity contribution in [3.8, 4) is 0 Å². The summed E-state index contributed by atoms with van der Waals surface area (Å²) < 4.78 is 12.7. The van der Waals surface area contributed by atoms with Gasteiger partial charge >= 0.3 is 7.12 Å². The maximum absolute atomic E-state index is 8.51. The lowest BCUT2D eigenvalue weighted by molar-refractivity contribution is 0.00578. The van der Waals surface area contributed by atoms with E-state index < -0.39 is 18.3 Å². The minimum Gasteiger partial charge on any atom is -0.399 e. The second kappa shape index (κ2) is 4.83. The first kappa shape index (κ1) is 14.4. The zero-order valence-electron chi connectivity index (χ0n) is 11.3. The summed E-state index contributed by atoms with van der Waals surface area (Å²) in [5, 5.41) is 3.61. The first-order chi connectivity index (χ1) is 8.75. The lowest BCUT2D eigenvalue weighted by Crippen LogP contribution is -2.41. The van der Waals surface area contributed by atoms with E-state index in [-0.39, 0.29) is 0 Å². The molecule has 0 amide bonds. The van der Waals surface area contributed by atoms with Gasteiger partial charge in [-0.05, 0) is 50.8 Å². The van der Waals surface area contributed by atoms with Gasteiger partial charge in [0.05, 0.1) is 11.2 Å². The van der Waals surface area contributed by atoms with Gasteiger partial charge in [-0.3, -0.25) is 0 Å². The Kier molecular flexibility index (Phi) is 3.66. The number of hydrogen-bond acceptors (Lipinski definition) is 3. The summed E-state index contributed by atoms with van der Waals surface area (Å²) in [6.45, 7) is 8.00. The summed E-state index contributed by atoms with van der Waals surface area (Å²) in [5.41, 5.74) is 9.09. The smallest absolute Gasteiger partial charge is 0.399 e. The first-order valence-corrected chi connectivity index (χ1v) is 6.76. The van der Waals surface area contributed by atoms with E-state index in [0.29, 0.717) is 5.69 Å². The Morgan fingerprint density at radius 3 is 2.26 bits per heavy atom. The first-order valence-electron chi connectivity index (χ1n) is 5.96. The van der Waals surface area contributed by atoms with Crippen molar-refractivity contribution in [3.63, 3.8) is 0 Å². The molecule has 0 atom stereocenters. The molecule has 1 fully saturated rings. The number of benzene rings is 1. The van der Waals surface area contributed by atoms with Crippen LogP contribution in [0.1, 0.15) is 27.7 Å². The van der Waals surface area contributed by atoms with E-state index in [1.165, 1.54) is 0 Å². The third-order valence-electron chi connectivity index (χ3n) is 3.59. The molecule has 1 aromatic carbocycles. The number of hydrogen-bond donors (Lipinski definition) is 0. The van der Waals surface area contributed by atoms with Crippen LogP contribution in [0.4, 0.5) is 5.69 Å². The molecule has 0 N–H and O–H groups in total. The van der Waals surface area contributed by atoms with E-state index in [2.05, 4.69) is 26.0 Å². The Balaban J connectivity index is 2.36. The lowest BCUT2D eigenvalue weighted by atomic mass is 9.79. The van der Waals surface area contributed by atoms with Gasteiger partial charge in [0.2, 0.25) is 0 Å². The van der Waals surface area contributed by atoms with Crippen LogP contribution in [0.3, 0.4) is 0 Å². The Bertz CT molecular complexity index is 540. The largest absolute Gasteiger partial charge is 0.494 e. The van der Waals surface area contributed by atoms with Gasteiger partial charge in [-0.15, -0.1) is 0 Å². The second-order valence-corrected chi connectivity index (χ2v) is 6.44. The molecule has 0 radical (unpaired) electrons. The van der Waals surface area contributed by atoms with E-state index in [1.807, 2.05) is 33.8 Å². The minimum absolute atomic E-state index is 0.390. The van der Waals surface area contributed by atoms with E-state index >= 15 is 0 Å². The number of azide groups is 1. The molecular weight excluding hydrogens is 309 g/mol. The maximum Gasteiger partial charge on any atom is 0.494 e. The molecule has 1 aromatic rings. The van der Waals surface area contributed by atoms with Crippen molar-refractivity contribution in [2.75, 3.05) is 0 Å². The van der Waals surface area contributed by atoms with Crippen molar-refractivity contribution in [2.24, 2.45) is 5.11 Å². The zero-order valence-corrected chi connectivity index (χ0v) is 12.9. The highest BCUT2D eigenvalue weighted by atomic mass is 79.9. The quantitative estimate of drug-likeness (QED) is 0.360. The number of nitrogens with zero attached hydrogens (tertiary/aromatic N) is 3. The molecule has 0 saturated carbocycles. The van der Waals surface area contributed by atoms with Gasteiger partial charge in [0.25, 0.3) is 0 Å². The fourth-order valence-electron chi connectivity index (χ4n) is 1.82. The van der Waals surface area contributed by atoms with E-state index in [0.717, 1.165) is 9.94 Å². The van der Waals surface area contributed by atoms with Gasteiger partial charge in [-0.25, -0.2) is 0 Å². The molecule has 0 unspecified atom stereocenters. The van der Waals surface area contributed by atoms with Gasteiger partial charge in [0, 0.05) is 15.1 Å². The molecule has 1 aliphatic heterocycles. The fraction of sp³-hybridized carbons (Fsp3) is 0.500. The predicted octanol–water partition coefficient (Wildman–Crippen LogP) is 3.69. The van der Waals surface area contributed by atoms with E-state index in [4.69, 9.17) is 14.8 Å². The second-order valence-electron chi connectivity index (χ2n) is 5.52. The highest BCUT2D eigenvalue weighted by Gasteiger charge is 2.51. The van der Waals surface area contributed by atoms with Gasteiger partial charge < -0.3 is 9.31 Å². The third kappa shape index (κ3) is 2.79. The van der Waals surface area contributed by atoms with Crippen LogP contribution >= 0.6 is 15.9 Å². The van der Waals surface area contributed by atoms with Crippen LogP contribution in [0.2, 0.25) is 0 Å². The summed E-state index contributed by atoms with van der Waals surface area (Å²) in [5.74, 6) is 0. The molecule has 1 aliphatic rings. The summed E-state index contributed by atoms with van der Waals surface area (Å²) in [7, 11) is -0.463. The van der Waals surface area contributed by atoms with Crippen LogP contribution < -0.4 is 5.46 Å². The Morgan fingerprint density at radius 1 is 1.16 bits per heavy atom. The predicted molar refractivity (Wildman–Crippen MR) is 78.7 cm³/mol. The van der Waals surface area contributed by atoms with Crippen LogP contribution in [-0.2, 0) is 9.31 Å². The van der Waals surface area contributed by atoms with E-state index in [1.54, 1.807) is 12.1 Å². The molecular formula is C12H15BBrN3O2. The van der Waals surface area contributed by atoms with Crippen molar-refractivity contribution >= 4 is 34.2 Å². The van der Waals surface area contributed by atoms with Gasteiger partial charge in [0.1, 0.15) is 0 Å². The number of rotatable bonds is 2. The fourth-order valence-corrected chi connectivity index (χ4v) is 2.32. The molecule has 0 aliphatic carbocycles. The van der Waals surface area contributed by atoms with Crippen LogP contribution in [0.5, 0.6) is 0 Å². The van der Waals surface area contributed by atoms with Crippen molar-refractivity contribution in [1.82, 2.24) is 0 Å². The molecule has 1 saturated heterocycles. The van der Waals surface area contributed by atoms with Crippen LogP contribution in [0.15, 0.2) is 27.8 Å². The van der Waals surface area contributed by atoms with Gasteiger partial charge in [-0.2, -0.15) is 0 Å². The lowest BCUT2D eigenvalue weighted by Gasteiger charge is -2.32. The summed E-state index contributed by atoms with van der Waals surface area (Å²) >= 11 is 3.39. The minimum atomic E-state index is -0.463. The topological polar surface area (TPSA) is 67.2 Å². The highest BCUT2D eigenvalue weighted by Crippen LogP contribution is 2.36. The van der Waals surface area contributed by atoms with Crippen LogP contribution in [0, 0.1) is 0 Å². The molecule has 1 heterocycles. The molecule has 5 nitrogen and oxygen atoms in total. The molecule has 0 spiro atoms. The van der Waals surface area contributed by atoms with Gasteiger partial charge in [0.15, 0.2) is 0 Å². The van der Waals surface area contributed by atoms with Crippen molar-refractivity contribution < 1.29 is 9.31 Å². The Morgan fingerprint density at radius 2 is 1.74 bits per heavy atom. The van der Waals surface area contributed by atoms with Crippen molar-refractivity contribution in [2.45, 2.75) is 38.9 Å². The van der Waals surface area contributed by atoms with Crippen LogP contribution in [-0.4, -0.2) is 18.3 Å². The molecule has 7 heteroatoms. The van der Waals surface area contributed by atoms with Crippen LogP contribution in [0.25, 0.3) is 10.4 Å². The molecule has 100 valence electrons. The molecule has 0 bridgehead atoms. The van der Waals surface area contributed by atoms with Crippen molar-refractivity contribution in [3.05, 3.63) is 33.1 Å². The highest BCUT2D eigenvalue weighted by molar-refractivity contribution is 9.10. The van der Waals surface area contributed by atoms with E-state index in [9.17, 15) is 0 Å². The summed E-state index contributed by atoms with van der Waals surface area (Å²) in [6, 6.07) is 5.42. The standard InChI is InChI=1S/C12H15BBrN3O2/c1-11(2)12(3,4)19-13(18-11)8-5-9(14)7-10(6-8)16-17-15/h5-7H,1-4H3. The maximum atomic E-state index is 8.51. The molecule has 19 heavy (non-hydrogen) atoms. The average Bonchev–Trinajstić information content (AvgIpc) is 2.48. The third-order valence-corrected chi connectivity index (χ3v) is 4.05. The normalized spacial score (nSPS) is 20.2. The monoisotopic (exact) mass is 323 g/mol.